The van der Waals surface area contributed by atoms with Crippen LogP contribution in [0.4, 0.5) is 0 Å². The van der Waals surface area contributed by atoms with Crippen LogP contribution < -0.4 is 11.1 Å². The molecule has 1 unspecified atom stereocenters. The predicted molar refractivity (Wildman–Crippen MR) is 48.7 cm³/mol. The number of unbranched alkanes of at least 4 members (excludes halogenated alkanes) is 1. The van der Waals surface area contributed by atoms with Gasteiger partial charge in [0.2, 0.25) is 0 Å². The highest BCUT2D eigenvalue weighted by Gasteiger charge is 2.24. The number of hydrogen-bond acceptors (Lipinski definition) is 3. The minimum absolute atomic E-state index is 0.300. The van der Waals surface area contributed by atoms with Gasteiger partial charge in [0, 0.05) is 17.7 Å². The smallest absolute Gasteiger partial charge is 0.255 e. The number of nitrogens with two attached hydrogens (primary N) is 1. The van der Waals surface area contributed by atoms with E-state index < -0.39 is 0 Å². The van der Waals surface area contributed by atoms with Gasteiger partial charge >= 0.3 is 0 Å². The lowest BCUT2D eigenvalue weighted by molar-refractivity contribution is -0.123. The first-order chi connectivity index (χ1) is 6.15. The molecule has 13 heavy (non-hydrogen) atoms. The van der Waals surface area contributed by atoms with E-state index in [1.165, 1.54) is 6.08 Å². The average molecular weight is 182 g/mol. The Kier molecular flexibility index (Phi) is 3.19. The van der Waals surface area contributed by atoms with Gasteiger partial charge in [-0.3, -0.25) is 14.9 Å². The van der Waals surface area contributed by atoms with Crippen molar-refractivity contribution >= 4 is 11.8 Å². The average Bonchev–Trinajstić information content (AvgIpc) is 2.41. The standard InChI is InChI=1S/C9H14N2O2/c1-2-3-4-7(10)6-5-8(12)11-9(6)13/h5,7H,2-4,10H2,1H3,(H,11,12,13). The first kappa shape index (κ1) is 9.92. The van der Waals surface area contributed by atoms with Gasteiger partial charge in [-0.05, 0) is 6.42 Å². The third kappa shape index (κ3) is 2.39. The normalized spacial score (nSPS) is 18.5. The van der Waals surface area contributed by atoms with E-state index in [1.807, 2.05) is 0 Å². The second-order valence-corrected chi connectivity index (χ2v) is 3.17. The lowest BCUT2D eigenvalue weighted by Crippen LogP contribution is -2.30. The van der Waals surface area contributed by atoms with Crippen molar-refractivity contribution in [1.82, 2.24) is 5.32 Å². The number of imide groups is 1. The molecule has 0 fully saturated rings. The van der Waals surface area contributed by atoms with Gasteiger partial charge in [-0.1, -0.05) is 19.8 Å². The summed E-state index contributed by atoms with van der Waals surface area (Å²) in [5.74, 6) is -0.694. The molecule has 2 amide bonds. The fraction of sp³-hybridized carbons (Fsp3) is 0.556. The Morgan fingerprint density at radius 3 is 2.69 bits per heavy atom. The zero-order valence-electron chi connectivity index (χ0n) is 7.67. The molecule has 0 radical (unpaired) electrons. The molecule has 4 nitrogen and oxygen atoms in total. The van der Waals surface area contributed by atoms with E-state index >= 15 is 0 Å². The van der Waals surface area contributed by atoms with Crippen molar-refractivity contribution in [3.63, 3.8) is 0 Å². The molecular formula is C9H14N2O2. The molecule has 0 aromatic heterocycles. The monoisotopic (exact) mass is 182 g/mol. The molecule has 0 saturated carbocycles. The molecule has 0 aromatic rings. The summed E-state index contributed by atoms with van der Waals surface area (Å²) in [6.45, 7) is 2.06. The molecular weight excluding hydrogens is 168 g/mol. The largest absolute Gasteiger partial charge is 0.324 e. The number of amides is 2. The summed E-state index contributed by atoms with van der Waals surface area (Å²) in [6, 6.07) is -0.300. The topological polar surface area (TPSA) is 72.2 Å². The van der Waals surface area contributed by atoms with Crippen molar-refractivity contribution in [3.05, 3.63) is 11.6 Å². The molecule has 0 aromatic carbocycles. The van der Waals surface area contributed by atoms with E-state index in [0.717, 1.165) is 19.3 Å². The fourth-order valence-electron chi connectivity index (χ4n) is 1.28. The van der Waals surface area contributed by atoms with Crippen LogP contribution in [0.15, 0.2) is 11.6 Å². The maximum Gasteiger partial charge on any atom is 0.255 e. The van der Waals surface area contributed by atoms with E-state index in [9.17, 15) is 9.59 Å². The Labute approximate surface area is 77.2 Å². The van der Waals surface area contributed by atoms with Crippen molar-refractivity contribution in [3.8, 4) is 0 Å². The predicted octanol–water partition coefficient (Wildman–Crippen LogP) is 0.0867. The number of carbonyl (C=O) groups excluding carboxylic acids is 2. The van der Waals surface area contributed by atoms with E-state index in [2.05, 4.69) is 12.2 Å². The second kappa shape index (κ2) is 4.18. The third-order valence-corrected chi connectivity index (χ3v) is 2.05. The van der Waals surface area contributed by atoms with Crippen LogP contribution >= 0.6 is 0 Å². The molecule has 72 valence electrons. The van der Waals surface area contributed by atoms with Gasteiger partial charge in [-0.2, -0.15) is 0 Å². The molecule has 1 atom stereocenters. The summed E-state index contributed by atoms with van der Waals surface area (Å²) in [5.41, 5.74) is 6.15. The van der Waals surface area contributed by atoms with E-state index in [1.54, 1.807) is 0 Å². The summed E-state index contributed by atoms with van der Waals surface area (Å²) in [5, 5.41) is 2.17. The maximum absolute atomic E-state index is 11.1. The highest BCUT2D eigenvalue weighted by Crippen LogP contribution is 2.11. The molecule has 0 spiro atoms. The number of hydrogen-bond donors (Lipinski definition) is 2. The maximum atomic E-state index is 11.1. The zero-order valence-corrected chi connectivity index (χ0v) is 7.67. The molecule has 1 heterocycles. The Bertz CT molecular complexity index is 258. The van der Waals surface area contributed by atoms with Crippen LogP contribution in [-0.4, -0.2) is 17.9 Å². The molecule has 3 N–H and O–H groups in total. The Hall–Kier alpha value is -1.16. The van der Waals surface area contributed by atoms with Crippen LogP contribution in [0.1, 0.15) is 26.2 Å². The van der Waals surface area contributed by atoms with Crippen LogP contribution in [0.2, 0.25) is 0 Å². The molecule has 0 aliphatic carbocycles. The first-order valence-corrected chi connectivity index (χ1v) is 4.47. The van der Waals surface area contributed by atoms with Gasteiger partial charge in [0.1, 0.15) is 0 Å². The van der Waals surface area contributed by atoms with Crippen molar-refractivity contribution in [1.29, 1.82) is 0 Å². The summed E-state index contributed by atoms with van der Waals surface area (Å²) in [4.78, 5) is 21.9. The fourth-order valence-corrected chi connectivity index (χ4v) is 1.28. The Balaban J connectivity index is 2.55. The lowest BCUT2D eigenvalue weighted by atomic mass is 10.0. The van der Waals surface area contributed by atoms with Gasteiger partial charge in [-0.15, -0.1) is 0 Å². The van der Waals surface area contributed by atoms with E-state index in [0.29, 0.717) is 5.57 Å². The molecule has 4 heteroatoms. The lowest BCUT2D eigenvalue weighted by Gasteiger charge is -2.09. The summed E-state index contributed by atoms with van der Waals surface area (Å²) in [6.07, 6.45) is 4.06. The van der Waals surface area contributed by atoms with Crippen LogP contribution in [0.5, 0.6) is 0 Å². The first-order valence-electron chi connectivity index (χ1n) is 4.47. The van der Waals surface area contributed by atoms with Gasteiger partial charge in [0.05, 0.1) is 0 Å². The van der Waals surface area contributed by atoms with Crippen LogP contribution in [0.3, 0.4) is 0 Å². The Morgan fingerprint density at radius 1 is 1.54 bits per heavy atom. The van der Waals surface area contributed by atoms with E-state index in [4.69, 9.17) is 5.73 Å². The van der Waals surface area contributed by atoms with Crippen molar-refractivity contribution in [2.75, 3.05) is 0 Å². The highest BCUT2D eigenvalue weighted by atomic mass is 16.2. The van der Waals surface area contributed by atoms with Crippen LogP contribution in [0, 0.1) is 0 Å². The van der Waals surface area contributed by atoms with Crippen LogP contribution in [-0.2, 0) is 9.59 Å². The van der Waals surface area contributed by atoms with Gasteiger partial charge in [0.25, 0.3) is 11.8 Å². The number of carbonyl (C=O) groups is 2. The second-order valence-electron chi connectivity index (χ2n) is 3.17. The summed E-state index contributed by atoms with van der Waals surface area (Å²) in [7, 11) is 0. The highest BCUT2D eigenvalue weighted by molar-refractivity contribution is 6.16. The molecule has 1 aliphatic rings. The van der Waals surface area contributed by atoms with Gasteiger partial charge in [-0.25, -0.2) is 0 Å². The van der Waals surface area contributed by atoms with Crippen molar-refractivity contribution < 1.29 is 9.59 Å². The van der Waals surface area contributed by atoms with Gasteiger partial charge in [0.15, 0.2) is 0 Å². The molecule has 0 bridgehead atoms. The quantitative estimate of drug-likeness (QED) is 0.605. The summed E-state index contributed by atoms with van der Waals surface area (Å²) >= 11 is 0. The van der Waals surface area contributed by atoms with Crippen molar-refractivity contribution in [2.24, 2.45) is 5.73 Å². The minimum Gasteiger partial charge on any atom is -0.324 e. The van der Waals surface area contributed by atoms with Gasteiger partial charge < -0.3 is 5.73 Å². The number of rotatable bonds is 4. The third-order valence-electron chi connectivity index (χ3n) is 2.05. The number of nitrogens with one attached hydrogen (secondary N) is 1. The Morgan fingerprint density at radius 2 is 2.23 bits per heavy atom. The van der Waals surface area contributed by atoms with E-state index in [-0.39, 0.29) is 17.9 Å². The molecule has 0 saturated heterocycles. The zero-order chi connectivity index (χ0) is 9.84. The minimum atomic E-state index is -0.355. The molecule has 1 aliphatic heterocycles. The van der Waals surface area contributed by atoms with Crippen LogP contribution in [0.25, 0.3) is 0 Å². The summed E-state index contributed by atoms with van der Waals surface area (Å²) < 4.78 is 0. The molecule has 1 rings (SSSR count). The SMILES string of the molecule is CCCCC(N)C1=CC(=O)NC1=O. The van der Waals surface area contributed by atoms with Crippen molar-refractivity contribution in [2.45, 2.75) is 32.2 Å².